The number of likely N-dealkylation sites (N-methyl/N-ethyl adjacent to an activating group) is 1. The molecule has 1 unspecified atom stereocenters. The fourth-order valence-corrected chi connectivity index (χ4v) is 3.35. The average molecular weight is 294 g/mol. The first-order valence-corrected chi connectivity index (χ1v) is 7.57. The molecule has 3 heterocycles. The van der Waals surface area contributed by atoms with Crippen molar-refractivity contribution in [3.8, 4) is 0 Å². The summed E-state index contributed by atoms with van der Waals surface area (Å²) in [6.45, 7) is 0.892. The van der Waals surface area contributed by atoms with Gasteiger partial charge in [-0.15, -0.1) is 0 Å². The topological polar surface area (TPSA) is 48.8 Å². The van der Waals surface area contributed by atoms with Crippen LogP contribution >= 0.6 is 0 Å². The number of fused-ring (bicyclic) bond motifs is 3. The van der Waals surface area contributed by atoms with E-state index in [0.29, 0.717) is 12.3 Å². The molecule has 1 amide bonds. The number of carbonyl (C=O) groups excluding carboxylic acids is 1. The zero-order chi connectivity index (χ0) is 15.3. The van der Waals surface area contributed by atoms with Gasteiger partial charge in [0.05, 0.1) is 11.2 Å². The lowest BCUT2D eigenvalue weighted by atomic mass is 9.95. The number of hydrazone groups is 1. The first kappa shape index (κ1) is 13.2. The lowest BCUT2D eigenvalue weighted by Crippen LogP contribution is -2.31. The second kappa shape index (κ2) is 4.80. The molecule has 2 aliphatic heterocycles. The molecule has 0 bridgehead atoms. The van der Waals surface area contributed by atoms with Crippen LogP contribution in [-0.2, 0) is 11.2 Å². The number of hydrogen-bond donors (Lipinski definition) is 0. The molecule has 112 valence electrons. The minimum atomic E-state index is 0.174. The van der Waals surface area contributed by atoms with Gasteiger partial charge < -0.3 is 4.90 Å². The molecule has 22 heavy (non-hydrogen) atoms. The Balaban J connectivity index is 1.88. The van der Waals surface area contributed by atoms with Crippen molar-refractivity contribution in [2.45, 2.75) is 18.8 Å². The first-order valence-electron chi connectivity index (χ1n) is 7.57. The lowest BCUT2D eigenvalue weighted by Gasteiger charge is -2.27. The number of benzene rings is 1. The van der Waals surface area contributed by atoms with Crippen LogP contribution in [0.2, 0.25) is 0 Å². The normalized spacial score (nSPS) is 20.8. The second-order valence-electron chi connectivity index (χ2n) is 6.07. The number of amides is 1. The van der Waals surface area contributed by atoms with Crippen LogP contribution in [0.4, 0.5) is 5.69 Å². The van der Waals surface area contributed by atoms with Crippen molar-refractivity contribution in [1.29, 1.82) is 0 Å². The molecule has 1 aromatic carbocycles. The van der Waals surface area contributed by atoms with Crippen molar-refractivity contribution in [3.63, 3.8) is 0 Å². The van der Waals surface area contributed by atoms with E-state index in [0.717, 1.165) is 35.1 Å². The number of pyridine rings is 1. The van der Waals surface area contributed by atoms with Gasteiger partial charge in [0.25, 0.3) is 0 Å². The maximum Gasteiger partial charge on any atom is 0.227 e. The molecule has 4 rings (SSSR count). The molecule has 0 saturated heterocycles. The summed E-state index contributed by atoms with van der Waals surface area (Å²) in [5, 5.41) is 7.33. The van der Waals surface area contributed by atoms with E-state index in [1.165, 1.54) is 5.56 Å². The summed E-state index contributed by atoms with van der Waals surface area (Å²) in [4.78, 5) is 18.4. The third kappa shape index (κ3) is 1.96. The second-order valence-corrected chi connectivity index (χ2v) is 6.07. The van der Waals surface area contributed by atoms with E-state index >= 15 is 0 Å². The molecule has 0 spiro atoms. The van der Waals surface area contributed by atoms with Gasteiger partial charge in [-0.25, -0.2) is 0 Å². The summed E-state index contributed by atoms with van der Waals surface area (Å²) in [5.41, 5.74) is 4.34. The van der Waals surface area contributed by atoms with Gasteiger partial charge in [0, 0.05) is 50.8 Å². The number of hydrogen-bond acceptors (Lipinski definition) is 4. The number of carbonyl (C=O) groups is 1. The van der Waals surface area contributed by atoms with Crippen molar-refractivity contribution in [3.05, 3.63) is 35.5 Å². The molecule has 0 aliphatic carbocycles. The molecule has 2 aromatic rings. The van der Waals surface area contributed by atoms with Crippen molar-refractivity contribution in [2.75, 3.05) is 25.5 Å². The Bertz CT molecular complexity index is 799. The van der Waals surface area contributed by atoms with Gasteiger partial charge >= 0.3 is 0 Å². The van der Waals surface area contributed by atoms with E-state index < -0.39 is 0 Å². The van der Waals surface area contributed by atoms with Crippen molar-refractivity contribution < 1.29 is 4.79 Å². The Labute approximate surface area is 129 Å². The largest absolute Gasteiger partial charge is 0.314 e. The predicted molar refractivity (Wildman–Crippen MR) is 87.3 cm³/mol. The zero-order valence-corrected chi connectivity index (χ0v) is 12.8. The fraction of sp³-hybridized carbons (Fsp3) is 0.353. The highest BCUT2D eigenvalue weighted by Crippen LogP contribution is 2.35. The van der Waals surface area contributed by atoms with E-state index in [1.54, 1.807) is 4.90 Å². The van der Waals surface area contributed by atoms with Crippen molar-refractivity contribution in [2.24, 2.45) is 5.10 Å². The van der Waals surface area contributed by atoms with Gasteiger partial charge in [0.1, 0.15) is 0 Å². The van der Waals surface area contributed by atoms with Gasteiger partial charge in [-0.1, -0.05) is 6.07 Å². The van der Waals surface area contributed by atoms with Crippen LogP contribution in [0.1, 0.15) is 23.5 Å². The van der Waals surface area contributed by atoms with Crippen LogP contribution in [0.15, 0.2) is 29.5 Å². The van der Waals surface area contributed by atoms with E-state index in [-0.39, 0.29) is 5.91 Å². The van der Waals surface area contributed by atoms with Crippen LogP contribution in [0.25, 0.3) is 10.9 Å². The van der Waals surface area contributed by atoms with Crippen molar-refractivity contribution in [1.82, 2.24) is 9.99 Å². The SMILES string of the molecule is CN1CC(c2ccc3ncc4c(c3c2)N(C)C(=O)CC4)C=N1. The van der Waals surface area contributed by atoms with Crippen LogP contribution in [0.5, 0.6) is 0 Å². The number of anilines is 1. The Morgan fingerprint density at radius 3 is 2.86 bits per heavy atom. The van der Waals surface area contributed by atoms with Gasteiger partial charge in [-0.05, 0) is 29.7 Å². The Kier molecular flexibility index (Phi) is 2.89. The zero-order valence-electron chi connectivity index (χ0n) is 12.8. The molecule has 0 radical (unpaired) electrons. The molecular weight excluding hydrogens is 276 g/mol. The summed E-state index contributed by atoms with van der Waals surface area (Å²) in [6, 6.07) is 6.33. The highest BCUT2D eigenvalue weighted by Gasteiger charge is 2.24. The Hall–Kier alpha value is -2.43. The van der Waals surface area contributed by atoms with Crippen LogP contribution in [0.3, 0.4) is 0 Å². The van der Waals surface area contributed by atoms with E-state index in [2.05, 4.69) is 22.2 Å². The van der Waals surface area contributed by atoms with Gasteiger partial charge in [-0.3, -0.25) is 14.8 Å². The van der Waals surface area contributed by atoms with Crippen LogP contribution in [0, 0.1) is 0 Å². The third-order valence-electron chi connectivity index (χ3n) is 4.59. The maximum absolute atomic E-state index is 12.1. The van der Waals surface area contributed by atoms with Crippen LogP contribution in [-0.4, -0.2) is 42.8 Å². The number of aromatic nitrogens is 1. The van der Waals surface area contributed by atoms with Crippen molar-refractivity contribution >= 4 is 28.7 Å². The lowest BCUT2D eigenvalue weighted by molar-refractivity contribution is -0.118. The summed E-state index contributed by atoms with van der Waals surface area (Å²) in [7, 11) is 3.84. The minimum absolute atomic E-state index is 0.174. The smallest absolute Gasteiger partial charge is 0.227 e. The molecular formula is C17H18N4O. The quantitative estimate of drug-likeness (QED) is 0.810. The molecule has 0 N–H and O–H groups in total. The summed E-state index contributed by atoms with van der Waals surface area (Å²) in [5.74, 6) is 0.474. The van der Waals surface area contributed by atoms with Gasteiger partial charge in [0.2, 0.25) is 5.91 Å². The summed E-state index contributed by atoms with van der Waals surface area (Å²) >= 11 is 0. The summed E-state index contributed by atoms with van der Waals surface area (Å²) < 4.78 is 0. The molecule has 1 atom stereocenters. The number of rotatable bonds is 1. The highest BCUT2D eigenvalue weighted by atomic mass is 16.2. The molecule has 0 fully saturated rings. The van der Waals surface area contributed by atoms with Gasteiger partial charge in [0.15, 0.2) is 0 Å². The minimum Gasteiger partial charge on any atom is -0.314 e. The molecule has 2 aliphatic rings. The Morgan fingerprint density at radius 2 is 2.09 bits per heavy atom. The number of nitrogens with zero attached hydrogens (tertiary/aromatic N) is 4. The van der Waals surface area contributed by atoms with E-state index in [9.17, 15) is 4.79 Å². The standard InChI is InChI=1S/C17H18N4O/c1-20-10-13(9-19-20)11-3-5-15-14(7-11)17-12(8-18-15)4-6-16(22)21(17)2/h3,5,7-9,13H,4,6,10H2,1-2H3. The first-order chi connectivity index (χ1) is 10.6. The van der Waals surface area contributed by atoms with Gasteiger partial charge in [-0.2, -0.15) is 5.10 Å². The fourth-order valence-electron chi connectivity index (χ4n) is 3.35. The van der Waals surface area contributed by atoms with E-state index in [4.69, 9.17) is 0 Å². The highest BCUT2D eigenvalue weighted by molar-refractivity contribution is 6.05. The predicted octanol–water partition coefficient (Wildman–Crippen LogP) is 2.16. The molecule has 1 aromatic heterocycles. The van der Waals surface area contributed by atoms with E-state index in [1.807, 2.05) is 37.6 Å². The maximum atomic E-state index is 12.1. The molecule has 0 saturated carbocycles. The number of aryl methyl sites for hydroxylation is 1. The monoisotopic (exact) mass is 294 g/mol. The van der Waals surface area contributed by atoms with Crippen LogP contribution < -0.4 is 4.90 Å². The molecule has 5 nitrogen and oxygen atoms in total. The third-order valence-corrected chi connectivity index (χ3v) is 4.59. The Morgan fingerprint density at radius 1 is 1.23 bits per heavy atom. The summed E-state index contributed by atoms with van der Waals surface area (Å²) in [6.07, 6.45) is 5.24. The average Bonchev–Trinajstić information content (AvgIpc) is 2.96. The molecule has 5 heteroatoms.